The Balaban J connectivity index is 2.16. The molecular weight excluding hydrogens is 326 g/mol. The lowest BCUT2D eigenvalue weighted by molar-refractivity contribution is 0.405. The molecular formula is C17H21N3O3S. The van der Waals surface area contributed by atoms with Crippen molar-refractivity contribution in [3.63, 3.8) is 0 Å². The molecule has 0 radical (unpaired) electrons. The van der Waals surface area contributed by atoms with Crippen molar-refractivity contribution in [2.75, 3.05) is 20.5 Å². The standard InChI is InChI=1S/C17H21N3O3S/c1-10-9-18-16(11(2)15(10)23-4)24(5,21)17-19-13-7-6-12(22-3)8-14(13)20-17/h6-9,24H,1-5H3,(H,19,20). The van der Waals surface area contributed by atoms with Gasteiger partial charge in [-0.25, -0.2) is 9.97 Å². The summed E-state index contributed by atoms with van der Waals surface area (Å²) in [5, 5.41) is 0.934. The molecule has 2 heterocycles. The quantitative estimate of drug-likeness (QED) is 0.710. The zero-order chi connectivity index (χ0) is 17.5. The third kappa shape index (κ3) is 2.54. The minimum atomic E-state index is -2.99. The number of hydrogen-bond donors (Lipinski definition) is 2. The fourth-order valence-corrected chi connectivity index (χ4v) is 4.71. The Morgan fingerprint density at radius 3 is 2.58 bits per heavy atom. The average molecular weight is 347 g/mol. The van der Waals surface area contributed by atoms with E-state index in [0.717, 1.165) is 27.9 Å². The van der Waals surface area contributed by atoms with Gasteiger partial charge in [-0.05, 0) is 35.9 Å². The van der Waals surface area contributed by atoms with Crippen molar-refractivity contribution in [1.29, 1.82) is 0 Å². The monoisotopic (exact) mass is 347 g/mol. The maximum absolute atomic E-state index is 13.5. The Hall–Kier alpha value is -2.41. The molecule has 24 heavy (non-hydrogen) atoms. The molecule has 0 bridgehead atoms. The van der Waals surface area contributed by atoms with E-state index in [-0.39, 0.29) is 0 Å². The Labute approximate surface area is 141 Å². The number of nitrogens with zero attached hydrogens (tertiary/aromatic N) is 2. The van der Waals surface area contributed by atoms with Gasteiger partial charge in [-0.15, -0.1) is 0 Å². The summed E-state index contributed by atoms with van der Waals surface area (Å²) >= 11 is 0. The summed E-state index contributed by atoms with van der Waals surface area (Å²) < 4.78 is 24.1. The fourth-order valence-electron chi connectivity index (χ4n) is 2.86. The van der Waals surface area contributed by atoms with Crippen LogP contribution in [0.3, 0.4) is 0 Å². The molecule has 0 fully saturated rings. The lowest BCUT2D eigenvalue weighted by Gasteiger charge is -2.20. The summed E-state index contributed by atoms with van der Waals surface area (Å²) in [5.41, 5.74) is 3.21. The van der Waals surface area contributed by atoms with Crippen molar-refractivity contribution in [2.24, 2.45) is 0 Å². The van der Waals surface area contributed by atoms with Crippen LogP contribution < -0.4 is 9.47 Å². The largest absolute Gasteiger partial charge is 0.497 e. The summed E-state index contributed by atoms with van der Waals surface area (Å²) in [6.07, 6.45) is 3.36. The molecule has 0 atom stereocenters. The SMILES string of the molecule is COc1ccc2nc([SH](C)(=O)c3ncc(C)c(OC)c3C)[nH]c2c1. The summed E-state index contributed by atoms with van der Waals surface area (Å²) in [5.74, 6) is 1.43. The van der Waals surface area contributed by atoms with E-state index in [1.165, 1.54) is 0 Å². The Morgan fingerprint density at radius 1 is 1.17 bits per heavy atom. The molecule has 128 valence electrons. The molecule has 3 rings (SSSR count). The number of methoxy groups -OCH3 is 2. The van der Waals surface area contributed by atoms with E-state index in [2.05, 4.69) is 15.0 Å². The number of pyridine rings is 1. The highest BCUT2D eigenvalue weighted by Crippen LogP contribution is 2.33. The van der Waals surface area contributed by atoms with Crippen molar-refractivity contribution in [3.05, 3.63) is 35.5 Å². The highest BCUT2D eigenvalue weighted by atomic mass is 32.2. The average Bonchev–Trinajstić information content (AvgIpc) is 2.98. The lowest BCUT2D eigenvalue weighted by Crippen LogP contribution is -2.16. The molecule has 6 nitrogen and oxygen atoms in total. The van der Waals surface area contributed by atoms with Gasteiger partial charge in [-0.3, -0.25) is 4.21 Å². The van der Waals surface area contributed by atoms with Crippen LogP contribution in [0.15, 0.2) is 34.6 Å². The van der Waals surface area contributed by atoms with E-state index in [1.807, 2.05) is 32.0 Å². The zero-order valence-electron chi connectivity index (χ0n) is 14.4. The number of aromatic nitrogens is 3. The number of thiol groups is 1. The van der Waals surface area contributed by atoms with Crippen molar-refractivity contribution in [1.82, 2.24) is 15.0 Å². The van der Waals surface area contributed by atoms with Gasteiger partial charge in [0.1, 0.15) is 16.5 Å². The Morgan fingerprint density at radius 2 is 1.92 bits per heavy atom. The van der Waals surface area contributed by atoms with E-state index in [9.17, 15) is 4.21 Å². The molecule has 1 N–H and O–H groups in total. The number of hydrogen-bond acceptors (Lipinski definition) is 5. The molecule has 0 saturated heterocycles. The second-order valence-electron chi connectivity index (χ2n) is 5.79. The number of fused-ring (bicyclic) bond motifs is 1. The number of H-pyrrole nitrogens is 1. The van der Waals surface area contributed by atoms with Gasteiger partial charge in [0.05, 0.1) is 25.3 Å². The third-order valence-electron chi connectivity index (χ3n) is 4.10. The molecule has 0 aliphatic rings. The number of benzene rings is 1. The lowest BCUT2D eigenvalue weighted by atomic mass is 10.2. The predicted molar refractivity (Wildman–Crippen MR) is 94.9 cm³/mol. The summed E-state index contributed by atoms with van der Waals surface area (Å²) in [4.78, 5) is 12.1. The van der Waals surface area contributed by atoms with Crippen LogP contribution in [0.2, 0.25) is 0 Å². The van der Waals surface area contributed by atoms with E-state index >= 15 is 0 Å². The van der Waals surface area contributed by atoms with Gasteiger partial charge in [0.15, 0.2) is 5.16 Å². The first-order chi connectivity index (χ1) is 11.4. The molecule has 2 aromatic heterocycles. The van der Waals surface area contributed by atoms with Crippen molar-refractivity contribution < 1.29 is 13.7 Å². The number of ether oxygens (including phenoxy) is 2. The third-order valence-corrected chi connectivity index (χ3v) is 6.38. The highest BCUT2D eigenvalue weighted by molar-refractivity contribution is 8.02. The van der Waals surface area contributed by atoms with E-state index in [0.29, 0.717) is 15.9 Å². The number of aromatic amines is 1. The normalized spacial score (nSPS) is 12.4. The molecule has 3 aromatic rings. The van der Waals surface area contributed by atoms with Crippen LogP contribution in [-0.4, -0.2) is 39.6 Å². The Bertz CT molecular complexity index is 965. The van der Waals surface area contributed by atoms with Gasteiger partial charge in [0.25, 0.3) is 0 Å². The van der Waals surface area contributed by atoms with Gasteiger partial charge in [0, 0.05) is 29.6 Å². The first kappa shape index (κ1) is 16.4. The van der Waals surface area contributed by atoms with Crippen LogP contribution in [0.4, 0.5) is 0 Å². The number of nitrogens with one attached hydrogen (secondary N) is 1. The van der Waals surface area contributed by atoms with Crippen molar-refractivity contribution in [2.45, 2.75) is 24.0 Å². The van der Waals surface area contributed by atoms with Gasteiger partial charge in [0.2, 0.25) is 0 Å². The van der Waals surface area contributed by atoms with Gasteiger partial charge < -0.3 is 14.5 Å². The smallest absolute Gasteiger partial charge is 0.178 e. The molecule has 0 amide bonds. The van der Waals surface area contributed by atoms with Crippen molar-refractivity contribution in [3.8, 4) is 11.5 Å². The topological polar surface area (TPSA) is 77.1 Å². The maximum Gasteiger partial charge on any atom is 0.178 e. The molecule has 0 saturated carbocycles. The van der Waals surface area contributed by atoms with Crippen LogP contribution in [0, 0.1) is 13.8 Å². The van der Waals surface area contributed by atoms with Crippen LogP contribution in [0.25, 0.3) is 11.0 Å². The minimum Gasteiger partial charge on any atom is -0.497 e. The van der Waals surface area contributed by atoms with Gasteiger partial charge in [-0.1, -0.05) is 0 Å². The molecule has 0 aliphatic heterocycles. The zero-order valence-corrected chi connectivity index (χ0v) is 15.3. The van der Waals surface area contributed by atoms with Crippen LogP contribution in [0.1, 0.15) is 11.1 Å². The summed E-state index contributed by atoms with van der Waals surface area (Å²) in [6.45, 7) is 3.78. The number of imidazole rings is 1. The molecule has 0 spiro atoms. The first-order valence-corrected chi connectivity index (χ1v) is 9.66. The molecule has 0 unspecified atom stereocenters. The number of rotatable bonds is 4. The van der Waals surface area contributed by atoms with Crippen LogP contribution in [-0.2, 0) is 9.93 Å². The Kier molecular flexibility index (Phi) is 4.04. The minimum absolute atomic E-state index is 0.423. The summed E-state index contributed by atoms with van der Waals surface area (Å²) in [6, 6.07) is 5.50. The van der Waals surface area contributed by atoms with Crippen molar-refractivity contribution >= 4 is 21.0 Å². The molecule has 0 aliphatic carbocycles. The second kappa shape index (κ2) is 5.90. The number of aryl methyl sites for hydroxylation is 1. The second-order valence-corrected chi connectivity index (χ2v) is 8.49. The first-order valence-electron chi connectivity index (χ1n) is 7.51. The fraction of sp³-hybridized carbons (Fsp3) is 0.294. The van der Waals surface area contributed by atoms with E-state index in [1.54, 1.807) is 26.7 Å². The van der Waals surface area contributed by atoms with Gasteiger partial charge >= 0.3 is 0 Å². The predicted octanol–water partition coefficient (Wildman–Crippen LogP) is 2.66. The van der Waals surface area contributed by atoms with Crippen LogP contribution >= 0.6 is 0 Å². The van der Waals surface area contributed by atoms with E-state index < -0.39 is 9.93 Å². The maximum atomic E-state index is 13.5. The van der Waals surface area contributed by atoms with E-state index in [4.69, 9.17) is 9.47 Å². The molecule has 1 aromatic carbocycles. The highest BCUT2D eigenvalue weighted by Gasteiger charge is 2.25. The molecule has 7 heteroatoms. The van der Waals surface area contributed by atoms with Crippen LogP contribution in [0.5, 0.6) is 11.5 Å². The van der Waals surface area contributed by atoms with Gasteiger partial charge in [-0.2, -0.15) is 0 Å². The summed E-state index contributed by atoms with van der Waals surface area (Å²) in [7, 11) is 0.221.